The lowest BCUT2D eigenvalue weighted by molar-refractivity contribution is -0.117. The van der Waals surface area contributed by atoms with Crippen LogP contribution >= 0.6 is 11.6 Å². The molecule has 18 heavy (non-hydrogen) atoms. The van der Waals surface area contributed by atoms with Crippen molar-refractivity contribution in [1.82, 2.24) is 0 Å². The van der Waals surface area contributed by atoms with Crippen LogP contribution in [0.4, 0.5) is 5.69 Å². The van der Waals surface area contributed by atoms with Gasteiger partial charge >= 0.3 is 0 Å². The van der Waals surface area contributed by atoms with Gasteiger partial charge in [-0.1, -0.05) is 11.6 Å². The first-order valence-electron chi connectivity index (χ1n) is 5.54. The van der Waals surface area contributed by atoms with E-state index in [1.54, 1.807) is 17.0 Å². The van der Waals surface area contributed by atoms with Crippen LogP contribution in [0.15, 0.2) is 12.1 Å². The molecule has 0 aromatic heterocycles. The Hall–Kier alpha value is -1.46. The number of amides is 1. The maximum atomic E-state index is 11.8. The first-order chi connectivity index (χ1) is 8.56. The van der Waals surface area contributed by atoms with Crippen LogP contribution in [0.5, 0.6) is 11.5 Å². The van der Waals surface area contributed by atoms with Gasteiger partial charge in [-0.15, -0.1) is 0 Å². The van der Waals surface area contributed by atoms with Crippen LogP contribution in [0.25, 0.3) is 0 Å². The van der Waals surface area contributed by atoms with E-state index in [-0.39, 0.29) is 11.9 Å². The van der Waals surface area contributed by atoms with Crippen LogP contribution in [0.1, 0.15) is 6.42 Å². The molecule has 0 aliphatic carbocycles. The van der Waals surface area contributed by atoms with Gasteiger partial charge in [-0.05, 0) is 6.07 Å². The first kappa shape index (κ1) is 13.0. The topological polar surface area (TPSA) is 64.8 Å². The van der Waals surface area contributed by atoms with Crippen LogP contribution in [-0.2, 0) is 4.79 Å². The molecule has 2 rings (SSSR count). The molecule has 5 nitrogen and oxygen atoms in total. The fraction of sp³-hybridized carbons (Fsp3) is 0.417. The number of methoxy groups -OCH3 is 2. The maximum absolute atomic E-state index is 11.8. The Morgan fingerprint density at radius 1 is 1.33 bits per heavy atom. The zero-order valence-electron chi connectivity index (χ0n) is 10.3. The molecule has 1 unspecified atom stereocenters. The Bertz CT molecular complexity index is 479. The Morgan fingerprint density at radius 2 is 2.00 bits per heavy atom. The fourth-order valence-corrected chi connectivity index (χ4v) is 2.26. The van der Waals surface area contributed by atoms with E-state index in [4.69, 9.17) is 26.8 Å². The first-order valence-corrected chi connectivity index (χ1v) is 5.92. The number of nitrogens with two attached hydrogens (primary N) is 1. The van der Waals surface area contributed by atoms with Gasteiger partial charge in [0, 0.05) is 25.1 Å². The summed E-state index contributed by atoms with van der Waals surface area (Å²) in [6, 6.07) is 3.17. The van der Waals surface area contributed by atoms with Crippen molar-refractivity contribution in [2.24, 2.45) is 5.73 Å². The zero-order chi connectivity index (χ0) is 13.3. The molecule has 0 saturated carbocycles. The van der Waals surface area contributed by atoms with E-state index in [0.717, 1.165) is 0 Å². The number of carbonyl (C=O) groups is 1. The molecule has 1 saturated heterocycles. The van der Waals surface area contributed by atoms with E-state index in [1.165, 1.54) is 14.2 Å². The van der Waals surface area contributed by atoms with Crippen molar-refractivity contribution in [2.75, 3.05) is 25.7 Å². The number of carbonyl (C=O) groups excluding carboxylic acids is 1. The number of hydrogen-bond donors (Lipinski definition) is 1. The average Bonchev–Trinajstić information content (AvgIpc) is 2.68. The summed E-state index contributed by atoms with van der Waals surface area (Å²) in [7, 11) is 3.06. The molecule has 1 heterocycles. The van der Waals surface area contributed by atoms with Crippen molar-refractivity contribution in [1.29, 1.82) is 0 Å². The van der Waals surface area contributed by atoms with Crippen LogP contribution in [-0.4, -0.2) is 32.7 Å². The summed E-state index contributed by atoms with van der Waals surface area (Å²) in [6.45, 7) is 0.470. The average molecular weight is 271 g/mol. The van der Waals surface area contributed by atoms with Crippen molar-refractivity contribution < 1.29 is 14.3 Å². The molecular formula is C12H15ClN2O3. The Balaban J connectivity index is 2.44. The largest absolute Gasteiger partial charge is 0.495 e. The lowest BCUT2D eigenvalue weighted by Crippen LogP contribution is -2.28. The van der Waals surface area contributed by atoms with Crippen LogP contribution in [0, 0.1) is 0 Å². The minimum absolute atomic E-state index is 0.0259. The van der Waals surface area contributed by atoms with E-state index < -0.39 is 0 Å². The summed E-state index contributed by atoms with van der Waals surface area (Å²) in [5.41, 5.74) is 6.40. The highest BCUT2D eigenvalue weighted by Crippen LogP contribution is 2.39. The summed E-state index contributed by atoms with van der Waals surface area (Å²) in [4.78, 5) is 13.4. The number of anilines is 1. The highest BCUT2D eigenvalue weighted by Gasteiger charge is 2.30. The molecule has 1 fully saturated rings. The molecule has 2 N–H and O–H groups in total. The third kappa shape index (κ3) is 2.23. The fourth-order valence-electron chi connectivity index (χ4n) is 2.02. The van der Waals surface area contributed by atoms with Gasteiger partial charge in [0.05, 0.1) is 24.9 Å². The summed E-state index contributed by atoms with van der Waals surface area (Å²) >= 11 is 6.07. The number of halogens is 1. The molecule has 0 spiro atoms. The van der Waals surface area contributed by atoms with Gasteiger partial charge in [0.15, 0.2) is 0 Å². The van der Waals surface area contributed by atoms with Crippen LogP contribution < -0.4 is 20.1 Å². The highest BCUT2D eigenvalue weighted by atomic mass is 35.5. The molecule has 6 heteroatoms. The molecule has 1 atom stereocenters. The Labute approximate surface area is 110 Å². The number of benzene rings is 1. The van der Waals surface area contributed by atoms with E-state index >= 15 is 0 Å². The van der Waals surface area contributed by atoms with E-state index in [9.17, 15) is 4.79 Å². The van der Waals surface area contributed by atoms with Gasteiger partial charge in [-0.3, -0.25) is 4.79 Å². The molecule has 1 amide bonds. The van der Waals surface area contributed by atoms with E-state index in [1.807, 2.05) is 0 Å². The van der Waals surface area contributed by atoms with Gasteiger partial charge in [0.25, 0.3) is 0 Å². The van der Waals surface area contributed by atoms with Crippen molar-refractivity contribution >= 4 is 23.2 Å². The monoisotopic (exact) mass is 270 g/mol. The van der Waals surface area contributed by atoms with Crippen LogP contribution in [0.3, 0.4) is 0 Å². The van der Waals surface area contributed by atoms with Crippen molar-refractivity contribution in [3.8, 4) is 11.5 Å². The maximum Gasteiger partial charge on any atom is 0.228 e. The molecule has 98 valence electrons. The second-order valence-corrected chi connectivity index (χ2v) is 4.53. The second-order valence-electron chi connectivity index (χ2n) is 4.13. The molecule has 0 radical (unpaired) electrons. The van der Waals surface area contributed by atoms with Crippen molar-refractivity contribution in [2.45, 2.75) is 12.5 Å². The molecule has 1 aliphatic rings. The quantitative estimate of drug-likeness (QED) is 0.902. The SMILES string of the molecule is COc1cc(OC)c(N2CC(N)CC2=O)cc1Cl. The van der Waals surface area contributed by atoms with Gasteiger partial charge in [-0.2, -0.15) is 0 Å². The third-order valence-corrected chi connectivity index (χ3v) is 3.19. The zero-order valence-corrected chi connectivity index (χ0v) is 11.0. The second kappa shape index (κ2) is 5.04. The minimum atomic E-state index is -0.150. The number of ether oxygens (including phenoxy) is 2. The lowest BCUT2D eigenvalue weighted by Gasteiger charge is -2.20. The van der Waals surface area contributed by atoms with Crippen molar-refractivity contribution in [3.63, 3.8) is 0 Å². The van der Waals surface area contributed by atoms with Gasteiger partial charge < -0.3 is 20.1 Å². The van der Waals surface area contributed by atoms with Gasteiger partial charge in [0.2, 0.25) is 5.91 Å². The van der Waals surface area contributed by atoms with Crippen molar-refractivity contribution in [3.05, 3.63) is 17.2 Å². The lowest BCUT2D eigenvalue weighted by atomic mass is 10.2. The molecular weight excluding hydrogens is 256 g/mol. The summed E-state index contributed by atoms with van der Waals surface area (Å²) in [5.74, 6) is 1.02. The Morgan fingerprint density at radius 3 is 2.50 bits per heavy atom. The smallest absolute Gasteiger partial charge is 0.228 e. The summed E-state index contributed by atoms with van der Waals surface area (Å²) < 4.78 is 10.4. The standard InChI is InChI=1S/C12H15ClN2O3/c1-17-10-5-11(18-2)9(4-8(10)13)15-6-7(14)3-12(15)16/h4-5,7H,3,6,14H2,1-2H3. The summed E-state index contributed by atoms with van der Waals surface area (Å²) in [6.07, 6.45) is 0.340. The van der Waals surface area contributed by atoms with Crippen LogP contribution in [0.2, 0.25) is 5.02 Å². The molecule has 0 bridgehead atoms. The normalized spacial score (nSPS) is 19.2. The molecule has 1 aromatic rings. The Kier molecular flexibility index (Phi) is 3.63. The number of rotatable bonds is 3. The number of nitrogens with zero attached hydrogens (tertiary/aromatic N) is 1. The summed E-state index contributed by atoms with van der Waals surface area (Å²) in [5, 5.41) is 0.432. The van der Waals surface area contributed by atoms with Gasteiger partial charge in [0.1, 0.15) is 11.5 Å². The van der Waals surface area contributed by atoms with Gasteiger partial charge in [-0.25, -0.2) is 0 Å². The van der Waals surface area contributed by atoms with E-state index in [0.29, 0.717) is 35.2 Å². The predicted molar refractivity (Wildman–Crippen MR) is 69.5 cm³/mol. The minimum Gasteiger partial charge on any atom is -0.495 e. The molecule has 1 aromatic carbocycles. The predicted octanol–water partition coefficient (Wildman–Crippen LogP) is 1.42. The van der Waals surface area contributed by atoms with E-state index in [2.05, 4.69) is 0 Å². The highest BCUT2D eigenvalue weighted by molar-refractivity contribution is 6.32. The molecule has 1 aliphatic heterocycles. The number of hydrogen-bond acceptors (Lipinski definition) is 4. The third-order valence-electron chi connectivity index (χ3n) is 2.90.